The van der Waals surface area contributed by atoms with Gasteiger partial charge in [0.2, 0.25) is 0 Å². The van der Waals surface area contributed by atoms with Crippen molar-refractivity contribution in [2.24, 2.45) is 0 Å². The maximum absolute atomic E-state index is 5.59. The van der Waals surface area contributed by atoms with Gasteiger partial charge in [-0.05, 0) is 50.1 Å². The highest BCUT2D eigenvalue weighted by Crippen LogP contribution is 2.36. The molecule has 2 aromatic rings. The fourth-order valence-electron chi connectivity index (χ4n) is 3.26. The molecule has 1 fully saturated rings. The minimum atomic E-state index is 0.592. The number of aryl methyl sites for hydroxylation is 1. The molecule has 1 N–H and O–H groups in total. The van der Waals surface area contributed by atoms with E-state index in [9.17, 15) is 0 Å². The lowest BCUT2D eigenvalue weighted by Crippen LogP contribution is -2.28. The van der Waals surface area contributed by atoms with Gasteiger partial charge in [0.05, 0.1) is 17.3 Å². The van der Waals surface area contributed by atoms with Gasteiger partial charge >= 0.3 is 0 Å². The molecule has 1 unspecified atom stereocenters. The van der Waals surface area contributed by atoms with E-state index in [1.165, 1.54) is 33.9 Å². The van der Waals surface area contributed by atoms with E-state index in [0.717, 1.165) is 37.6 Å². The summed E-state index contributed by atoms with van der Waals surface area (Å²) < 4.78 is 5.59. The molecule has 21 heavy (non-hydrogen) atoms. The van der Waals surface area contributed by atoms with E-state index in [0.29, 0.717) is 5.92 Å². The number of nitrogens with zero attached hydrogens (tertiary/aromatic N) is 1. The minimum absolute atomic E-state index is 0.592. The molecular weight excluding hydrogens is 280 g/mol. The molecule has 1 atom stereocenters. The Morgan fingerprint density at radius 3 is 3.19 bits per heavy atom. The molecule has 0 spiro atoms. The first-order valence-corrected chi connectivity index (χ1v) is 8.57. The van der Waals surface area contributed by atoms with Crippen molar-refractivity contribution >= 4 is 11.3 Å². The van der Waals surface area contributed by atoms with Gasteiger partial charge in [0.1, 0.15) is 5.75 Å². The molecule has 0 bridgehead atoms. The van der Waals surface area contributed by atoms with E-state index in [-0.39, 0.29) is 0 Å². The zero-order valence-electron chi connectivity index (χ0n) is 12.3. The van der Waals surface area contributed by atoms with Gasteiger partial charge in [-0.15, -0.1) is 11.3 Å². The third-order valence-corrected chi connectivity index (χ3v) is 5.56. The molecule has 3 nitrogen and oxygen atoms in total. The quantitative estimate of drug-likeness (QED) is 0.921. The van der Waals surface area contributed by atoms with E-state index in [1.54, 1.807) is 0 Å². The minimum Gasteiger partial charge on any atom is -0.493 e. The lowest BCUT2D eigenvalue weighted by Gasteiger charge is -2.20. The lowest BCUT2D eigenvalue weighted by atomic mass is 10.0. The van der Waals surface area contributed by atoms with Gasteiger partial charge in [0.15, 0.2) is 0 Å². The second-order valence-corrected chi connectivity index (χ2v) is 7.16. The van der Waals surface area contributed by atoms with Crippen LogP contribution in [-0.2, 0) is 6.42 Å². The first-order valence-electron chi connectivity index (χ1n) is 7.75. The number of hydrogen-bond donors (Lipinski definition) is 1. The van der Waals surface area contributed by atoms with Crippen LogP contribution in [0.2, 0.25) is 0 Å². The molecule has 0 amide bonds. The Bertz CT molecular complexity index is 659. The SMILES string of the molecule is Cc1sc(C2CCCNC2)nc1-c1ccc2c(c1)CCO2. The fraction of sp³-hybridized carbons (Fsp3) is 0.471. The van der Waals surface area contributed by atoms with Crippen LogP contribution >= 0.6 is 11.3 Å². The Balaban J connectivity index is 1.67. The van der Waals surface area contributed by atoms with Crippen molar-refractivity contribution < 1.29 is 4.74 Å². The average Bonchev–Trinajstić information content (AvgIpc) is 3.13. The molecular formula is C17H20N2OS. The summed E-state index contributed by atoms with van der Waals surface area (Å²) in [6.45, 7) is 5.23. The number of benzene rings is 1. The predicted octanol–water partition coefficient (Wildman–Crippen LogP) is 3.52. The molecule has 0 radical (unpaired) electrons. The van der Waals surface area contributed by atoms with Crippen molar-refractivity contribution in [1.82, 2.24) is 10.3 Å². The summed E-state index contributed by atoms with van der Waals surface area (Å²) >= 11 is 1.87. The highest BCUT2D eigenvalue weighted by molar-refractivity contribution is 7.12. The van der Waals surface area contributed by atoms with Gasteiger partial charge in [-0.2, -0.15) is 0 Å². The van der Waals surface area contributed by atoms with E-state index in [1.807, 2.05) is 11.3 Å². The van der Waals surface area contributed by atoms with Crippen LogP contribution in [0.1, 0.15) is 34.2 Å². The Morgan fingerprint density at radius 1 is 1.38 bits per heavy atom. The standard InChI is InChI=1S/C17H20N2OS/c1-11-16(13-4-5-15-12(9-13)6-8-20-15)19-17(21-11)14-3-2-7-18-10-14/h4-5,9,14,18H,2-3,6-8,10H2,1H3. The molecule has 0 aliphatic carbocycles. The largest absolute Gasteiger partial charge is 0.493 e. The number of aromatic nitrogens is 1. The first kappa shape index (κ1) is 13.3. The van der Waals surface area contributed by atoms with Crippen LogP contribution in [-0.4, -0.2) is 24.7 Å². The monoisotopic (exact) mass is 300 g/mol. The molecule has 1 aromatic carbocycles. The van der Waals surface area contributed by atoms with Crippen LogP contribution in [0.25, 0.3) is 11.3 Å². The van der Waals surface area contributed by atoms with Crippen molar-refractivity contribution in [3.8, 4) is 17.0 Å². The summed E-state index contributed by atoms with van der Waals surface area (Å²) in [5, 5.41) is 4.78. The lowest BCUT2D eigenvalue weighted by molar-refractivity contribution is 0.357. The fourth-order valence-corrected chi connectivity index (χ4v) is 4.33. The number of ether oxygens (including phenoxy) is 1. The Kier molecular flexibility index (Phi) is 3.43. The normalized spacial score (nSPS) is 21.1. The van der Waals surface area contributed by atoms with Crippen LogP contribution < -0.4 is 10.1 Å². The van der Waals surface area contributed by atoms with Crippen LogP contribution in [0.4, 0.5) is 0 Å². The summed E-state index contributed by atoms with van der Waals surface area (Å²) in [7, 11) is 0. The second kappa shape index (κ2) is 5.43. The van der Waals surface area contributed by atoms with Gasteiger partial charge in [-0.1, -0.05) is 0 Å². The molecule has 4 heteroatoms. The van der Waals surface area contributed by atoms with Crippen molar-refractivity contribution in [1.29, 1.82) is 0 Å². The van der Waals surface area contributed by atoms with E-state index >= 15 is 0 Å². The van der Waals surface area contributed by atoms with Gasteiger partial charge in [0, 0.05) is 29.3 Å². The van der Waals surface area contributed by atoms with Gasteiger partial charge < -0.3 is 10.1 Å². The number of fused-ring (bicyclic) bond motifs is 1. The Morgan fingerprint density at radius 2 is 2.33 bits per heavy atom. The van der Waals surface area contributed by atoms with Gasteiger partial charge in [0.25, 0.3) is 0 Å². The summed E-state index contributed by atoms with van der Waals surface area (Å²) in [5.74, 6) is 1.64. The molecule has 1 saturated heterocycles. The molecule has 1 aromatic heterocycles. The second-order valence-electron chi connectivity index (χ2n) is 5.92. The number of piperidine rings is 1. The third kappa shape index (κ3) is 2.47. The molecule has 4 rings (SSSR count). The highest BCUT2D eigenvalue weighted by atomic mass is 32.1. The van der Waals surface area contributed by atoms with Crippen LogP contribution in [0, 0.1) is 6.92 Å². The molecule has 110 valence electrons. The van der Waals surface area contributed by atoms with Crippen molar-refractivity contribution in [3.05, 3.63) is 33.6 Å². The third-order valence-electron chi connectivity index (χ3n) is 4.42. The topological polar surface area (TPSA) is 34.2 Å². The van der Waals surface area contributed by atoms with Crippen LogP contribution in [0.3, 0.4) is 0 Å². The summed E-state index contributed by atoms with van der Waals surface area (Å²) in [6.07, 6.45) is 3.54. The van der Waals surface area contributed by atoms with Crippen LogP contribution in [0.5, 0.6) is 5.75 Å². The Hall–Kier alpha value is -1.39. The van der Waals surface area contributed by atoms with Crippen molar-refractivity contribution in [3.63, 3.8) is 0 Å². The molecule has 3 heterocycles. The molecule has 2 aliphatic rings. The zero-order chi connectivity index (χ0) is 14.2. The van der Waals surface area contributed by atoms with E-state index < -0.39 is 0 Å². The maximum Gasteiger partial charge on any atom is 0.122 e. The summed E-state index contributed by atoms with van der Waals surface area (Å²) in [5.41, 5.74) is 3.72. The molecule has 0 saturated carbocycles. The zero-order valence-corrected chi connectivity index (χ0v) is 13.1. The highest BCUT2D eigenvalue weighted by Gasteiger charge is 2.21. The van der Waals surface area contributed by atoms with Gasteiger partial charge in [-0.25, -0.2) is 4.98 Å². The number of nitrogens with one attached hydrogen (secondary N) is 1. The number of rotatable bonds is 2. The van der Waals surface area contributed by atoms with Crippen LogP contribution in [0.15, 0.2) is 18.2 Å². The van der Waals surface area contributed by atoms with Gasteiger partial charge in [-0.3, -0.25) is 0 Å². The first-order chi connectivity index (χ1) is 10.3. The summed E-state index contributed by atoms with van der Waals surface area (Å²) in [6, 6.07) is 6.50. The predicted molar refractivity (Wildman–Crippen MR) is 86.3 cm³/mol. The maximum atomic E-state index is 5.59. The Labute approximate surface area is 129 Å². The number of thiazole rings is 1. The van der Waals surface area contributed by atoms with Crippen molar-refractivity contribution in [2.75, 3.05) is 19.7 Å². The molecule has 2 aliphatic heterocycles. The van der Waals surface area contributed by atoms with E-state index in [4.69, 9.17) is 9.72 Å². The average molecular weight is 300 g/mol. The van der Waals surface area contributed by atoms with Crippen molar-refractivity contribution in [2.45, 2.75) is 32.1 Å². The summed E-state index contributed by atoms with van der Waals surface area (Å²) in [4.78, 5) is 6.30. The van der Waals surface area contributed by atoms with E-state index in [2.05, 4.69) is 30.4 Å². The number of hydrogen-bond acceptors (Lipinski definition) is 4. The smallest absolute Gasteiger partial charge is 0.122 e.